The number of aryl methyl sites for hydroxylation is 2. The van der Waals surface area contributed by atoms with Crippen LogP contribution in [0.4, 0.5) is 5.69 Å². The highest BCUT2D eigenvalue weighted by Crippen LogP contribution is 2.31. The first kappa shape index (κ1) is 21.5. The van der Waals surface area contributed by atoms with Gasteiger partial charge in [-0.2, -0.15) is 5.10 Å². The Balaban J connectivity index is 1.49. The van der Waals surface area contributed by atoms with Crippen LogP contribution in [0.25, 0.3) is 0 Å². The van der Waals surface area contributed by atoms with Crippen molar-refractivity contribution < 1.29 is 14.3 Å². The van der Waals surface area contributed by atoms with Crippen molar-refractivity contribution in [3.63, 3.8) is 0 Å². The molecule has 1 fully saturated rings. The second-order valence-electron chi connectivity index (χ2n) is 8.11. The van der Waals surface area contributed by atoms with Crippen LogP contribution in [-0.4, -0.2) is 44.6 Å². The number of ether oxygens (including phenoxy) is 1. The largest absolute Gasteiger partial charge is 0.457 e. The Morgan fingerprint density at radius 2 is 1.91 bits per heavy atom. The molecule has 0 spiro atoms. The van der Waals surface area contributed by atoms with Crippen LogP contribution >= 0.6 is 0 Å². The summed E-state index contributed by atoms with van der Waals surface area (Å²) in [6.45, 7) is 4.77. The molecule has 0 radical (unpaired) electrons. The Hall–Kier alpha value is -3.68. The van der Waals surface area contributed by atoms with Crippen LogP contribution in [0.3, 0.4) is 0 Å². The number of rotatable bonds is 5. The zero-order chi connectivity index (χ0) is 22.7. The molecule has 8 heteroatoms. The number of aromatic nitrogens is 3. The first-order valence-corrected chi connectivity index (χ1v) is 10.7. The van der Waals surface area contributed by atoms with Crippen molar-refractivity contribution in [3.8, 4) is 11.5 Å². The molecule has 1 aliphatic heterocycles. The fraction of sp³-hybridized carbons (Fsp3) is 0.333. The highest BCUT2D eigenvalue weighted by molar-refractivity contribution is 5.92. The minimum Gasteiger partial charge on any atom is -0.457 e. The molecular formula is C24H27N5O3. The predicted molar refractivity (Wildman–Crippen MR) is 121 cm³/mol. The Bertz CT molecular complexity index is 1120. The predicted octanol–water partition coefficient (Wildman–Crippen LogP) is 3.89. The number of nitrogens with one attached hydrogen (secondary N) is 1. The zero-order valence-corrected chi connectivity index (χ0v) is 18.5. The quantitative estimate of drug-likeness (QED) is 0.659. The molecule has 166 valence electrons. The summed E-state index contributed by atoms with van der Waals surface area (Å²) in [5, 5.41) is 6.85. The van der Waals surface area contributed by atoms with E-state index in [4.69, 9.17) is 9.72 Å². The van der Waals surface area contributed by atoms with E-state index in [2.05, 4.69) is 10.4 Å². The van der Waals surface area contributed by atoms with E-state index in [1.165, 1.54) is 6.92 Å². The Morgan fingerprint density at radius 1 is 1.12 bits per heavy atom. The fourth-order valence-corrected chi connectivity index (χ4v) is 4.02. The first-order valence-electron chi connectivity index (χ1n) is 10.7. The molecule has 1 unspecified atom stereocenters. The summed E-state index contributed by atoms with van der Waals surface area (Å²) < 4.78 is 7.67. The smallest absolute Gasteiger partial charge is 0.272 e. The van der Waals surface area contributed by atoms with E-state index in [9.17, 15) is 9.59 Å². The van der Waals surface area contributed by atoms with Crippen molar-refractivity contribution in [1.29, 1.82) is 0 Å². The number of likely N-dealkylation sites (tertiary alicyclic amines) is 1. The Morgan fingerprint density at radius 3 is 2.59 bits per heavy atom. The summed E-state index contributed by atoms with van der Waals surface area (Å²) in [6, 6.07) is 12.8. The minimum absolute atomic E-state index is 0.00177. The maximum Gasteiger partial charge on any atom is 0.272 e. The van der Waals surface area contributed by atoms with Crippen molar-refractivity contribution in [1.82, 2.24) is 19.7 Å². The van der Waals surface area contributed by atoms with Crippen LogP contribution in [0.5, 0.6) is 11.5 Å². The summed E-state index contributed by atoms with van der Waals surface area (Å²) in [4.78, 5) is 30.7. The highest BCUT2D eigenvalue weighted by Gasteiger charge is 2.28. The molecule has 1 N–H and O–H groups in total. The number of pyridine rings is 1. The molecule has 1 atom stereocenters. The lowest BCUT2D eigenvalue weighted by molar-refractivity contribution is -0.114. The summed E-state index contributed by atoms with van der Waals surface area (Å²) in [6.07, 6.45) is 3.53. The molecule has 0 saturated carbocycles. The highest BCUT2D eigenvalue weighted by atomic mass is 16.5. The van der Waals surface area contributed by atoms with Gasteiger partial charge in [0.15, 0.2) is 0 Å². The van der Waals surface area contributed by atoms with Crippen LogP contribution in [0.1, 0.15) is 47.6 Å². The van der Waals surface area contributed by atoms with Crippen molar-refractivity contribution in [2.75, 3.05) is 18.4 Å². The Labute approximate surface area is 187 Å². The van der Waals surface area contributed by atoms with E-state index in [1.807, 2.05) is 36.1 Å². The monoisotopic (exact) mass is 433 g/mol. The summed E-state index contributed by atoms with van der Waals surface area (Å²) in [5.41, 5.74) is 3.10. The van der Waals surface area contributed by atoms with Gasteiger partial charge in [0.1, 0.15) is 17.2 Å². The van der Waals surface area contributed by atoms with Gasteiger partial charge in [-0.3, -0.25) is 19.3 Å². The molecule has 1 aromatic carbocycles. The van der Waals surface area contributed by atoms with E-state index in [1.54, 1.807) is 36.1 Å². The number of carbonyl (C=O) groups is 2. The third-order valence-corrected chi connectivity index (χ3v) is 5.52. The van der Waals surface area contributed by atoms with Crippen molar-refractivity contribution >= 4 is 17.5 Å². The van der Waals surface area contributed by atoms with Gasteiger partial charge in [0.2, 0.25) is 5.91 Å². The van der Waals surface area contributed by atoms with E-state index >= 15 is 0 Å². The van der Waals surface area contributed by atoms with Crippen LogP contribution in [-0.2, 0) is 11.8 Å². The van der Waals surface area contributed by atoms with Crippen LogP contribution < -0.4 is 10.1 Å². The van der Waals surface area contributed by atoms with E-state index < -0.39 is 0 Å². The fourth-order valence-electron chi connectivity index (χ4n) is 4.02. The van der Waals surface area contributed by atoms with E-state index in [0.717, 1.165) is 36.5 Å². The van der Waals surface area contributed by atoms with Crippen LogP contribution in [0.15, 0.2) is 48.7 Å². The lowest BCUT2D eigenvalue weighted by Gasteiger charge is -2.32. The minimum atomic E-state index is -0.114. The SMILES string of the molecule is CC(=O)Nc1ccc(Oc2cc(C)nc(C3CCCN(C(=O)c4ccnn4C)C3)c2)cc1. The molecule has 0 aliphatic carbocycles. The van der Waals surface area contributed by atoms with Crippen molar-refractivity contribution in [3.05, 3.63) is 65.7 Å². The summed E-state index contributed by atoms with van der Waals surface area (Å²) >= 11 is 0. The summed E-state index contributed by atoms with van der Waals surface area (Å²) in [5.74, 6) is 1.40. The number of hydrogen-bond acceptors (Lipinski definition) is 5. The second-order valence-corrected chi connectivity index (χ2v) is 8.11. The molecule has 8 nitrogen and oxygen atoms in total. The number of nitrogens with zero attached hydrogens (tertiary/aromatic N) is 4. The number of hydrogen-bond donors (Lipinski definition) is 1. The average molecular weight is 434 g/mol. The van der Waals surface area contributed by atoms with E-state index in [0.29, 0.717) is 23.7 Å². The van der Waals surface area contributed by atoms with Gasteiger partial charge in [-0.05, 0) is 50.1 Å². The molecule has 2 amide bonds. The third-order valence-electron chi connectivity index (χ3n) is 5.52. The van der Waals surface area contributed by atoms with Crippen molar-refractivity contribution in [2.45, 2.75) is 32.6 Å². The van der Waals surface area contributed by atoms with Crippen LogP contribution in [0, 0.1) is 6.92 Å². The third kappa shape index (κ3) is 4.96. The number of piperidine rings is 1. The van der Waals surface area contributed by atoms with Crippen molar-refractivity contribution in [2.24, 2.45) is 7.05 Å². The molecule has 1 aliphatic rings. The normalized spacial score (nSPS) is 16.0. The second kappa shape index (κ2) is 9.21. The van der Waals surface area contributed by atoms with Gasteiger partial charge < -0.3 is 15.0 Å². The van der Waals surface area contributed by atoms with Gasteiger partial charge in [0.25, 0.3) is 5.91 Å². The average Bonchev–Trinajstić information content (AvgIpc) is 3.20. The maximum atomic E-state index is 12.9. The maximum absolute atomic E-state index is 12.9. The topological polar surface area (TPSA) is 89.3 Å². The lowest BCUT2D eigenvalue weighted by Crippen LogP contribution is -2.40. The Kier molecular flexibility index (Phi) is 6.20. The summed E-state index contributed by atoms with van der Waals surface area (Å²) in [7, 11) is 1.78. The molecule has 2 aromatic heterocycles. The molecule has 3 heterocycles. The molecular weight excluding hydrogens is 406 g/mol. The number of benzene rings is 1. The van der Waals surface area contributed by atoms with Gasteiger partial charge >= 0.3 is 0 Å². The van der Waals surface area contributed by atoms with Gasteiger partial charge in [-0.15, -0.1) is 0 Å². The molecule has 3 aromatic rings. The van der Waals surface area contributed by atoms with Gasteiger partial charge in [-0.1, -0.05) is 0 Å². The number of carbonyl (C=O) groups excluding carboxylic acids is 2. The van der Waals surface area contributed by atoms with Crippen LogP contribution in [0.2, 0.25) is 0 Å². The molecule has 4 rings (SSSR count). The number of anilines is 1. The zero-order valence-electron chi connectivity index (χ0n) is 18.5. The lowest BCUT2D eigenvalue weighted by atomic mass is 9.93. The van der Waals surface area contributed by atoms with Gasteiger partial charge in [0, 0.05) is 68.4 Å². The molecule has 1 saturated heterocycles. The number of amides is 2. The van der Waals surface area contributed by atoms with E-state index in [-0.39, 0.29) is 17.7 Å². The van der Waals surface area contributed by atoms with Gasteiger partial charge in [-0.25, -0.2) is 0 Å². The standard InChI is InChI=1S/C24H27N5O3/c1-16-13-21(32-20-8-6-19(7-9-20)27-17(2)30)14-22(26-16)18-5-4-12-29(15-18)24(31)23-10-11-25-28(23)3/h6-11,13-14,18H,4-5,12,15H2,1-3H3,(H,27,30). The van der Waals surface area contributed by atoms with Gasteiger partial charge in [0.05, 0.1) is 0 Å². The molecule has 32 heavy (non-hydrogen) atoms. The first-order chi connectivity index (χ1) is 15.4. The molecule has 0 bridgehead atoms.